The molecule has 0 spiro atoms. The lowest BCUT2D eigenvalue weighted by atomic mass is 10.2. The molecule has 2 aliphatic rings. The van der Waals surface area contributed by atoms with Crippen molar-refractivity contribution in [2.45, 2.75) is 48.9 Å². The van der Waals surface area contributed by atoms with Crippen molar-refractivity contribution in [3.05, 3.63) is 22.2 Å². The van der Waals surface area contributed by atoms with Crippen LogP contribution in [0.15, 0.2) is 0 Å². The number of rotatable bonds is 1. The van der Waals surface area contributed by atoms with Crippen LogP contribution in [0.5, 0.6) is 0 Å². The van der Waals surface area contributed by atoms with E-state index in [0.717, 1.165) is 29.7 Å². The van der Waals surface area contributed by atoms with E-state index in [0.29, 0.717) is 15.7 Å². The van der Waals surface area contributed by atoms with Gasteiger partial charge in [0.15, 0.2) is 0 Å². The third-order valence-corrected chi connectivity index (χ3v) is 7.44. The predicted octanol–water partition coefficient (Wildman–Crippen LogP) is 3.92. The topological polar surface area (TPSA) is 25.8 Å². The summed E-state index contributed by atoms with van der Waals surface area (Å²) < 4.78 is 0. The normalized spacial score (nSPS) is 31.4. The van der Waals surface area contributed by atoms with Crippen molar-refractivity contribution in [2.75, 3.05) is 5.75 Å². The standard InChI is InChI=1S/C13H17ClN2S2/c1-7-8(2)18-11(6-17-7)13-15-10-5-3-4-9(10)12(14)16-13/h7-8,11H,3-6H2,1-2H3. The largest absolute Gasteiger partial charge is 0.236 e. The van der Waals surface area contributed by atoms with E-state index in [1.807, 2.05) is 23.5 Å². The molecule has 1 fully saturated rings. The Morgan fingerprint density at radius 2 is 2.00 bits per heavy atom. The van der Waals surface area contributed by atoms with E-state index in [-0.39, 0.29) is 0 Å². The van der Waals surface area contributed by atoms with Crippen LogP contribution in [0.4, 0.5) is 0 Å². The molecule has 1 aliphatic heterocycles. The number of fused-ring (bicyclic) bond motifs is 1. The lowest BCUT2D eigenvalue weighted by Crippen LogP contribution is -2.23. The lowest BCUT2D eigenvalue weighted by molar-refractivity contribution is 0.842. The third-order valence-electron chi connectivity index (χ3n) is 3.74. The Hall–Kier alpha value is 0.0700. The number of aromatic nitrogens is 2. The molecule has 0 N–H and O–H groups in total. The summed E-state index contributed by atoms with van der Waals surface area (Å²) in [6, 6.07) is 0. The van der Waals surface area contributed by atoms with Gasteiger partial charge in [0.1, 0.15) is 11.0 Å². The summed E-state index contributed by atoms with van der Waals surface area (Å²) in [5.74, 6) is 2.06. The van der Waals surface area contributed by atoms with E-state index in [9.17, 15) is 0 Å². The van der Waals surface area contributed by atoms with Crippen LogP contribution in [0.2, 0.25) is 5.15 Å². The van der Waals surface area contributed by atoms with Crippen LogP contribution in [-0.2, 0) is 12.8 Å². The maximum Gasteiger partial charge on any atom is 0.144 e. The van der Waals surface area contributed by atoms with Gasteiger partial charge in [-0.05, 0) is 19.3 Å². The second-order valence-electron chi connectivity index (χ2n) is 5.02. The molecule has 3 unspecified atom stereocenters. The number of thioether (sulfide) groups is 2. The smallest absolute Gasteiger partial charge is 0.144 e. The summed E-state index contributed by atoms with van der Waals surface area (Å²) in [6.45, 7) is 4.60. The average Bonchev–Trinajstić information content (AvgIpc) is 2.81. The minimum absolute atomic E-state index is 0.407. The first-order valence-corrected chi connectivity index (χ1v) is 8.84. The number of nitrogens with zero attached hydrogens (tertiary/aromatic N) is 2. The van der Waals surface area contributed by atoms with Crippen LogP contribution in [0.3, 0.4) is 0 Å². The first-order chi connectivity index (χ1) is 8.65. The molecule has 18 heavy (non-hydrogen) atoms. The highest BCUT2D eigenvalue weighted by Gasteiger charge is 2.30. The molecule has 1 aromatic heterocycles. The molecule has 1 aliphatic carbocycles. The van der Waals surface area contributed by atoms with Crippen LogP contribution >= 0.6 is 35.1 Å². The van der Waals surface area contributed by atoms with Crippen LogP contribution < -0.4 is 0 Å². The van der Waals surface area contributed by atoms with Crippen molar-refractivity contribution >= 4 is 35.1 Å². The zero-order valence-corrected chi connectivity index (χ0v) is 13.0. The van der Waals surface area contributed by atoms with Crippen LogP contribution in [0.25, 0.3) is 0 Å². The minimum atomic E-state index is 0.407. The second-order valence-corrected chi connectivity index (χ2v) is 8.37. The van der Waals surface area contributed by atoms with E-state index in [1.165, 1.54) is 17.7 Å². The van der Waals surface area contributed by atoms with Gasteiger partial charge in [0.05, 0.1) is 5.25 Å². The van der Waals surface area contributed by atoms with Gasteiger partial charge in [-0.3, -0.25) is 0 Å². The first-order valence-electron chi connectivity index (χ1n) is 6.47. The first kappa shape index (κ1) is 13.1. The fourth-order valence-electron chi connectivity index (χ4n) is 2.47. The Morgan fingerprint density at radius 1 is 1.17 bits per heavy atom. The molecule has 0 amide bonds. The SMILES string of the molecule is CC1SCC(c2nc(Cl)c3c(n2)CCC3)SC1C. The van der Waals surface area contributed by atoms with E-state index < -0.39 is 0 Å². The Bertz CT molecular complexity index is 467. The summed E-state index contributed by atoms with van der Waals surface area (Å²) in [7, 11) is 0. The van der Waals surface area contributed by atoms with Crippen LogP contribution in [0, 0.1) is 0 Å². The van der Waals surface area contributed by atoms with Gasteiger partial charge in [-0.1, -0.05) is 25.4 Å². The van der Waals surface area contributed by atoms with Crippen LogP contribution in [0.1, 0.15) is 42.6 Å². The molecule has 2 nitrogen and oxygen atoms in total. The molecule has 3 atom stereocenters. The minimum Gasteiger partial charge on any atom is -0.236 e. The maximum absolute atomic E-state index is 6.29. The Balaban J connectivity index is 1.87. The molecule has 1 saturated heterocycles. The maximum atomic E-state index is 6.29. The summed E-state index contributed by atoms with van der Waals surface area (Å²) in [6.07, 6.45) is 3.29. The molecule has 3 rings (SSSR count). The van der Waals surface area contributed by atoms with Gasteiger partial charge in [0.2, 0.25) is 0 Å². The van der Waals surface area contributed by atoms with Gasteiger partial charge in [0.25, 0.3) is 0 Å². The number of hydrogen-bond donors (Lipinski definition) is 0. The molecule has 98 valence electrons. The Labute approximate surface area is 122 Å². The Kier molecular flexibility index (Phi) is 3.79. The Morgan fingerprint density at radius 3 is 2.78 bits per heavy atom. The number of hydrogen-bond acceptors (Lipinski definition) is 4. The number of halogens is 1. The summed E-state index contributed by atoms with van der Waals surface area (Å²) in [5, 5.41) is 2.48. The molecular formula is C13H17ClN2S2. The fourth-order valence-corrected chi connectivity index (χ4v) is 5.60. The molecule has 0 bridgehead atoms. The monoisotopic (exact) mass is 300 g/mol. The van der Waals surface area contributed by atoms with E-state index >= 15 is 0 Å². The van der Waals surface area contributed by atoms with E-state index in [2.05, 4.69) is 18.8 Å². The number of aryl methyl sites for hydroxylation is 1. The fraction of sp³-hybridized carbons (Fsp3) is 0.692. The quantitative estimate of drug-likeness (QED) is 0.734. The van der Waals surface area contributed by atoms with Crippen molar-refractivity contribution in [1.82, 2.24) is 9.97 Å². The zero-order valence-electron chi connectivity index (χ0n) is 10.6. The predicted molar refractivity (Wildman–Crippen MR) is 80.8 cm³/mol. The van der Waals surface area contributed by atoms with Gasteiger partial charge >= 0.3 is 0 Å². The summed E-state index contributed by atoms with van der Waals surface area (Å²) >= 11 is 10.3. The molecular weight excluding hydrogens is 284 g/mol. The zero-order chi connectivity index (χ0) is 12.7. The summed E-state index contributed by atoms with van der Waals surface area (Å²) in [4.78, 5) is 9.32. The van der Waals surface area contributed by atoms with Gasteiger partial charge < -0.3 is 0 Å². The van der Waals surface area contributed by atoms with Gasteiger partial charge in [0, 0.05) is 27.5 Å². The molecule has 1 aromatic rings. The third kappa shape index (κ3) is 2.39. The highest BCUT2D eigenvalue weighted by molar-refractivity contribution is 8.07. The van der Waals surface area contributed by atoms with Gasteiger partial charge in [-0.25, -0.2) is 9.97 Å². The van der Waals surface area contributed by atoms with Crippen molar-refractivity contribution in [3.8, 4) is 0 Å². The van der Waals surface area contributed by atoms with Crippen LogP contribution in [-0.4, -0.2) is 26.2 Å². The van der Waals surface area contributed by atoms with E-state index in [1.54, 1.807) is 0 Å². The lowest BCUT2D eigenvalue weighted by Gasteiger charge is -2.30. The summed E-state index contributed by atoms with van der Waals surface area (Å²) in [5.41, 5.74) is 2.39. The van der Waals surface area contributed by atoms with Crippen molar-refractivity contribution in [3.63, 3.8) is 0 Å². The molecule has 2 heterocycles. The molecule has 0 aromatic carbocycles. The van der Waals surface area contributed by atoms with Gasteiger partial charge in [-0.15, -0.1) is 11.8 Å². The van der Waals surface area contributed by atoms with Crippen molar-refractivity contribution < 1.29 is 0 Å². The highest BCUT2D eigenvalue weighted by atomic mass is 35.5. The van der Waals surface area contributed by atoms with Crippen molar-refractivity contribution in [1.29, 1.82) is 0 Å². The highest BCUT2D eigenvalue weighted by Crippen LogP contribution is 2.43. The average molecular weight is 301 g/mol. The van der Waals surface area contributed by atoms with E-state index in [4.69, 9.17) is 16.6 Å². The molecule has 0 radical (unpaired) electrons. The van der Waals surface area contributed by atoms with Gasteiger partial charge in [-0.2, -0.15) is 11.8 Å². The van der Waals surface area contributed by atoms with Crippen molar-refractivity contribution in [2.24, 2.45) is 0 Å². The molecule has 5 heteroatoms. The second kappa shape index (κ2) is 5.22. The molecule has 0 saturated carbocycles.